The molecule has 0 amide bonds. The maximum absolute atomic E-state index is 6.03. The predicted molar refractivity (Wildman–Crippen MR) is 85.7 cm³/mol. The van der Waals surface area contributed by atoms with Gasteiger partial charge >= 0.3 is 0 Å². The Morgan fingerprint density at radius 3 is 2.71 bits per heavy atom. The summed E-state index contributed by atoms with van der Waals surface area (Å²) >= 11 is 0. The maximum Gasteiger partial charge on any atom is 0.176 e. The first kappa shape index (κ1) is 14.5. The molecule has 3 heteroatoms. The molecule has 2 aromatic rings. The van der Waals surface area contributed by atoms with E-state index in [2.05, 4.69) is 31.3 Å². The molecule has 0 spiro atoms. The van der Waals surface area contributed by atoms with Crippen LogP contribution < -0.4 is 10.1 Å². The fourth-order valence-electron chi connectivity index (χ4n) is 3.50. The van der Waals surface area contributed by atoms with Gasteiger partial charge in [-0.3, -0.25) is 0 Å². The number of fused-ring (bicyclic) bond motifs is 1. The summed E-state index contributed by atoms with van der Waals surface area (Å²) in [6.07, 6.45) is 5.48. The van der Waals surface area contributed by atoms with Crippen molar-refractivity contribution in [3.05, 3.63) is 30.0 Å². The van der Waals surface area contributed by atoms with Crippen LogP contribution in [0.15, 0.2) is 28.7 Å². The van der Waals surface area contributed by atoms with Gasteiger partial charge in [-0.05, 0) is 44.7 Å². The molecule has 0 radical (unpaired) electrons. The quantitative estimate of drug-likeness (QED) is 0.867. The minimum atomic E-state index is 0.220. The van der Waals surface area contributed by atoms with Crippen molar-refractivity contribution in [1.82, 2.24) is 5.32 Å². The standard InChI is InChI=1S/C18H25NO2/c1-12(14-7-4-5-8-14)19-13(2)17-11-15-9-6-10-16(20-3)18(15)21-17/h6,9-14,19H,4-5,7-8H2,1-3H3/t12-,13?/m1/s1. The van der Waals surface area contributed by atoms with Crippen LogP contribution in [-0.2, 0) is 0 Å². The van der Waals surface area contributed by atoms with E-state index in [0.29, 0.717) is 6.04 Å². The van der Waals surface area contributed by atoms with Crippen molar-refractivity contribution in [2.24, 2.45) is 5.92 Å². The van der Waals surface area contributed by atoms with Crippen LogP contribution in [0.25, 0.3) is 11.0 Å². The van der Waals surface area contributed by atoms with Crippen LogP contribution >= 0.6 is 0 Å². The van der Waals surface area contributed by atoms with Crippen LogP contribution in [0.2, 0.25) is 0 Å². The Hall–Kier alpha value is -1.48. The van der Waals surface area contributed by atoms with E-state index in [4.69, 9.17) is 9.15 Å². The summed E-state index contributed by atoms with van der Waals surface area (Å²) in [5.41, 5.74) is 0.845. The Bertz CT molecular complexity index is 598. The number of benzene rings is 1. The minimum absolute atomic E-state index is 0.220. The molecular formula is C18H25NO2. The lowest BCUT2D eigenvalue weighted by molar-refractivity contribution is 0.329. The number of furan rings is 1. The second-order valence-corrected chi connectivity index (χ2v) is 6.25. The largest absolute Gasteiger partial charge is 0.493 e. The Balaban J connectivity index is 1.76. The molecule has 2 atom stereocenters. The number of hydrogen-bond acceptors (Lipinski definition) is 3. The van der Waals surface area contributed by atoms with Gasteiger partial charge < -0.3 is 14.5 Å². The van der Waals surface area contributed by atoms with E-state index in [1.807, 2.05) is 12.1 Å². The lowest BCUT2D eigenvalue weighted by atomic mass is 9.99. The van der Waals surface area contributed by atoms with Crippen LogP contribution in [0.4, 0.5) is 0 Å². The van der Waals surface area contributed by atoms with Crippen LogP contribution in [0, 0.1) is 5.92 Å². The van der Waals surface area contributed by atoms with E-state index >= 15 is 0 Å². The summed E-state index contributed by atoms with van der Waals surface area (Å²) in [7, 11) is 1.68. The Morgan fingerprint density at radius 1 is 1.24 bits per heavy atom. The van der Waals surface area contributed by atoms with Gasteiger partial charge in [0.05, 0.1) is 13.2 Å². The third-order valence-electron chi connectivity index (χ3n) is 4.79. The molecule has 0 aliphatic heterocycles. The van der Waals surface area contributed by atoms with E-state index in [9.17, 15) is 0 Å². The summed E-state index contributed by atoms with van der Waals surface area (Å²) in [5, 5.41) is 4.81. The van der Waals surface area contributed by atoms with Crippen LogP contribution in [0.3, 0.4) is 0 Å². The number of rotatable bonds is 5. The van der Waals surface area contributed by atoms with Gasteiger partial charge in [0.1, 0.15) is 5.76 Å². The van der Waals surface area contributed by atoms with Gasteiger partial charge in [0.25, 0.3) is 0 Å². The zero-order valence-electron chi connectivity index (χ0n) is 13.2. The SMILES string of the molecule is COc1cccc2cc(C(C)N[C@H](C)C3CCCC3)oc12. The molecule has 0 bridgehead atoms. The second-order valence-electron chi connectivity index (χ2n) is 6.25. The highest BCUT2D eigenvalue weighted by Gasteiger charge is 2.24. The molecule has 1 aliphatic rings. The number of ether oxygens (including phenoxy) is 1. The molecule has 1 heterocycles. The molecule has 1 aliphatic carbocycles. The highest BCUT2D eigenvalue weighted by molar-refractivity contribution is 5.83. The van der Waals surface area contributed by atoms with Crippen molar-refractivity contribution in [2.75, 3.05) is 7.11 Å². The summed E-state index contributed by atoms with van der Waals surface area (Å²) in [5.74, 6) is 2.60. The zero-order valence-corrected chi connectivity index (χ0v) is 13.2. The predicted octanol–water partition coefficient (Wildman–Crippen LogP) is 4.67. The molecule has 0 saturated heterocycles. The lowest BCUT2D eigenvalue weighted by Crippen LogP contribution is -2.34. The summed E-state index contributed by atoms with van der Waals surface area (Å²) in [4.78, 5) is 0. The number of nitrogens with one attached hydrogen (secondary N) is 1. The van der Waals surface area contributed by atoms with E-state index in [1.165, 1.54) is 25.7 Å². The minimum Gasteiger partial charge on any atom is -0.493 e. The second kappa shape index (κ2) is 6.10. The van der Waals surface area contributed by atoms with Gasteiger partial charge in [-0.15, -0.1) is 0 Å². The molecule has 3 rings (SSSR count). The molecule has 1 unspecified atom stereocenters. The van der Waals surface area contributed by atoms with Crippen molar-refractivity contribution in [3.63, 3.8) is 0 Å². The monoisotopic (exact) mass is 287 g/mol. The summed E-state index contributed by atoms with van der Waals surface area (Å²) < 4.78 is 11.4. The van der Waals surface area contributed by atoms with Crippen molar-refractivity contribution in [1.29, 1.82) is 0 Å². The first-order chi connectivity index (χ1) is 10.2. The molecular weight excluding hydrogens is 262 g/mol. The first-order valence-corrected chi connectivity index (χ1v) is 8.01. The molecule has 1 N–H and O–H groups in total. The fraction of sp³-hybridized carbons (Fsp3) is 0.556. The van der Waals surface area contributed by atoms with Crippen LogP contribution in [-0.4, -0.2) is 13.2 Å². The van der Waals surface area contributed by atoms with Gasteiger partial charge in [-0.25, -0.2) is 0 Å². The molecule has 1 fully saturated rings. The normalized spacial score (nSPS) is 19.0. The third kappa shape index (κ3) is 2.93. The van der Waals surface area contributed by atoms with Crippen molar-refractivity contribution >= 4 is 11.0 Å². The molecule has 1 saturated carbocycles. The van der Waals surface area contributed by atoms with E-state index in [0.717, 1.165) is 28.4 Å². The molecule has 21 heavy (non-hydrogen) atoms. The maximum atomic E-state index is 6.03. The average molecular weight is 287 g/mol. The highest BCUT2D eigenvalue weighted by atomic mass is 16.5. The van der Waals surface area contributed by atoms with E-state index in [1.54, 1.807) is 7.11 Å². The Kier molecular flexibility index (Phi) is 4.20. The van der Waals surface area contributed by atoms with Crippen molar-refractivity contribution < 1.29 is 9.15 Å². The smallest absolute Gasteiger partial charge is 0.176 e. The van der Waals surface area contributed by atoms with Gasteiger partial charge in [-0.1, -0.05) is 25.0 Å². The number of methoxy groups -OCH3 is 1. The zero-order chi connectivity index (χ0) is 14.8. The topological polar surface area (TPSA) is 34.4 Å². The Morgan fingerprint density at radius 2 is 2.00 bits per heavy atom. The average Bonchev–Trinajstić information content (AvgIpc) is 3.15. The van der Waals surface area contributed by atoms with Gasteiger partial charge in [0, 0.05) is 11.4 Å². The van der Waals surface area contributed by atoms with E-state index in [-0.39, 0.29) is 6.04 Å². The van der Waals surface area contributed by atoms with Gasteiger partial charge in [0.2, 0.25) is 0 Å². The van der Waals surface area contributed by atoms with Crippen LogP contribution in [0.5, 0.6) is 5.75 Å². The molecule has 114 valence electrons. The fourth-order valence-corrected chi connectivity index (χ4v) is 3.50. The molecule has 1 aromatic heterocycles. The summed E-state index contributed by atoms with van der Waals surface area (Å²) in [6.45, 7) is 4.48. The third-order valence-corrected chi connectivity index (χ3v) is 4.79. The first-order valence-electron chi connectivity index (χ1n) is 8.01. The van der Waals surface area contributed by atoms with Crippen LogP contribution in [0.1, 0.15) is 51.3 Å². The van der Waals surface area contributed by atoms with Crippen molar-refractivity contribution in [3.8, 4) is 5.75 Å². The van der Waals surface area contributed by atoms with Crippen molar-refractivity contribution in [2.45, 2.75) is 51.6 Å². The molecule has 1 aromatic carbocycles. The highest BCUT2D eigenvalue weighted by Crippen LogP contribution is 2.32. The summed E-state index contributed by atoms with van der Waals surface area (Å²) in [6, 6.07) is 8.89. The Labute approximate surface area is 126 Å². The van der Waals surface area contributed by atoms with E-state index < -0.39 is 0 Å². The van der Waals surface area contributed by atoms with Gasteiger partial charge in [0.15, 0.2) is 11.3 Å². The number of para-hydroxylation sites is 1. The lowest BCUT2D eigenvalue weighted by Gasteiger charge is -2.23. The molecule has 3 nitrogen and oxygen atoms in total. The van der Waals surface area contributed by atoms with Gasteiger partial charge in [-0.2, -0.15) is 0 Å². The number of hydrogen-bond donors (Lipinski definition) is 1.